The third-order valence-electron chi connectivity index (χ3n) is 5.20. The highest BCUT2D eigenvalue weighted by Crippen LogP contribution is 2.28. The molecule has 1 aromatic rings. The van der Waals surface area contributed by atoms with Gasteiger partial charge in [0.15, 0.2) is 0 Å². The number of likely N-dealkylation sites (tertiary alicyclic amines) is 1. The van der Waals surface area contributed by atoms with Crippen LogP contribution in [0.4, 0.5) is 0 Å². The summed E-state index contributed by atoms with van der Waals surface area (Å²) < 4.78 is 13.5. The molecule has 1 saturated heterocycles. The van der Waals surface area contributed by atoms with E-state index in [0.717, 1.165) is 36.0 Å². The number of carbonyl (C=O) groups is 2. The predicted octanol–water partition coefficient (Wildman–Crippen LogP) is 2.93. The molecule has 7 heteroatoms. The summed E-state index contributed by atoms with van der Waals surface area (Å²) in [6, 6.07) is 5.53. The monoisotopic (exact) mass is 457 g/mol. The van der Waals surface area contributed by atoms with Crippen molar-refractivity contribution in [1.29, 1.82) is 0 Å². The van der Waals surface area contributed by atoms with Crippen LogP contribution in [0.5, 0.6) is 5.75 Å². The minimum absolute atomic E-state index is 0.0237. The number of carbonyl (C=O) groups excluding carboxylic acids is 2. The molecule has 2 aliphatic heterocycles. The zero-order valence-electron chi connectivity index (χ0n) is 16.1. The van der Waals surface area contributed by atoms with Crippen LogP contribution in [0, 0.1) is 0 Å². The highest BCUT2D eigenvalue weighted by atomic mass is 79.9. The molecule has 3 aliphatic rings. The molecule has 2 amide bonds. The van der Waals surface area contributed by atoms with Crippen molar-refractivity contribution in [2.75, 3.05) is 26.7 Å². The van der Waals surface area contributed by atoms with Gasteiger partial charge in [0.05, 0.1) is 11.6 Å². The van der Waals surface area contributed by atoms with Gasteiger partial charge in [0.1, 0.15) is 5.75 Å². The minimum Gasteiger partial charge on any atom is -0.496 e. The second-order valence-corrected chi connectivity index (χ2v) is 7.94. The van der Waals surface area contributed by atoms with Gasteiger partial charge < -0.3 is 14.4 Å². The van der Waals surface area contributed by atoms with E-state index in [-0.39, 0.29) is 24.1 Å². The number of allylic oxidation sites excluding steroid dienone is 2. The molecule has 0 saturated carbocycles. The van der Waals surface area contributed by atoms with Gasteiger partial charge in [0.2, 0.25) is 24.1 Å². The number of halogens is 1. The summed E-state index contributed by atoms with van der Waals surface area (Å²) in [4.78, 5) is 27.7. The first kappa shape index (κ1) is 19.6. The fourth-order valence-corrected chi connectivity index (χ4v) is 4.24. The zero-order chi connectivity index (χ0) is 20.4. The van der Waals surface area contributed by atoms with Crippen molar-refractivity contribution in [2.24, 2.45) is 0 Å². The van der Waals surface area contributed by atoms with Crippen LogP contribution < -0.4 is 4.74 Å². The lowest BCUT2D eigenvalue weighted by Gasteiger charge is -2.23. The Morgan fingerprint density at radius 1 is 1.34 bits per heavy atom. The molecule has 150 valence electrons. The summed E-state index contributed by atoms with van der Waals surface area (Å²) in [6.07, 6.45) is 10.8. The van der Waals surface area contributed by atoms with Crippen LogP contribution in [0.1, 0.15) is 18.4 Å². The van der Waals surface area contributed by atoms with Gasteiger partial charge in [-0.2, -0.15) is 0 Å². The quantitative estimate of drug-likeness (QED) is 0.515. The number of hydrogen-bond acceptors (Lipinski definition) is 4. The number of fused-ring (bicyclic) bond motifs is 1. The van der Waals surface area contributed by atoms with Crippen molar-refractivity contribution < 1.29 is 23.6 Å². The number of nitrogens with zero attached hydrogens (tertiary/aromatic N) is 2. The van der Waals surface area contributed by atoms with E-state index in [1.54, 1.807) is 17.8 Å². The van der Waals surface area contributed by atoms with Crippen molar-refractivity contribution in [3.63, 3.8) is 0 Å². The van der Waals surface area contributed by atoms with E-state index in [0.29, 0.717) is 11.5 Å². The molecule has 1 aromatic carbocycles. The smallest absolute Gasteiger partial charge is 0.455 e. The number of benzene rings is 1. The predicted molar refractivity (Wildman–Crippen MR) is 113 cm³/mol. The van der Waals surface area contributed by atoms with E-state index in [2.05, 4.69) is 15.9 Å². The lowest BCUT2D eigenvalue weighted by atomic mass is 10.1. The van der Waals surface area contributed by atoms with E-state index in [4.69, 9.17) is 9.47 Å². The Kier molecular flexibility index (Phi) is 5.67. The van der Waals surface area contributed by atoms with Gasteiger partial charge in [0.25, 0.3) is 5.91 Å². The maximum Gasteiger partial charge on any atom is 0.455 e. The number of methoxy groups -OCH3 is 1. The number of amides is 2. The van der Waals surface area contributed by atoms with Crippen LogP contribution in [0.3, 0.4) is 0 Å². The van der Waals surface area contributed by atoms with Crippen LogP contribution in [0.25, 0.3) is 6.08 Å². The Morgan fingerprint density at radius 2 is 2.14 bits per heavy atom. The standard InChI is InChI=1S/C22H22BrN2O4/c1-28-18-9-8-15(12-16(18)23)13-20-22(27)25(14-21(26)24-10-4-5-11-24)17-6-2-3-7-19(17)29-20/h2-3,6-9,12-13,19H,4-5,10-11,14H2,1H3/q+1/b20-13+. The fraction of sp³-hybridized carbons (Fsp3) is 0.318. The highest BCUT2D eigenvalue weighted by Gasteiger charge is 2.41. The zero-order valence-corrected chi connectivity index (χ0v) is 17.7. The van der Waals surface area contributed by atoms with Gasteiger partial charge >= 0.3 is 5.91 Å². The molecule has 0 aromatic heterocycles. The Labute approximate surface area is 177 Å². The van der Waals surface area contributed by atoms with Crippen LogP contribution in [-0.2, 0) is 14.3 Å². The van der Waals surface area contributed by atoms with Crippen LogP contribution in [-0.4, -0.2) is 59.8 Å². The minimum atomic E-state index is -0.392. The van der Waals surface area contributed by atoms with Crippen molar-refractivity contribution in [2.45, 2.75) is 18.9 Å². The van der Waals surface area contributed by atoms with Gasteiger partial charge in [-0.05, 0) is 58.6 Å². The van der Waals surface area contributed by atoms with Gasteiger partial charge in [-0.15, -0.1) is 4.58 Å². The molecule has 2 heterocycles. The summed E-state index contributed by atoms with van der Waals surface area (Å²) in [7, 11) is 1.60. The van der Waals surface area contributed by atoms with Crippen LogP contribution in [0.15, 0.2) is 52.7 Å². The summed E-state index contributed by atoms with van der Waals surface area (Å²) in [5.41, 5.74) is 1.49. The van der Waals surface area contributed by atoms with Crippen molar-refractivity contribution in [3.05, 3.63) is 58.3 Å². The maximum absolute atomic E-state index is 13.2. The van der Waals surface area contributed by atoms with Crippen LogP contribution >= 0.6 is 15.9 Å². The molecule has 29 heavy (non-hydrogen) atoms. The summed E-state index contributed by atoms with van der Waals surface area (Å²) >= 11 is 3.46. The first-order valence-corrected chi connectivity index (χ1v) is 10.4. The molecule has 1 fully saturated rings. The fourth-order valence-electron chi connectivity index (χ4n) is 3.68. The van der Waals surface area contributed by atoms with E-state index in [1.165, 1.54) is 0 Å². The molecule has 6 nitrogen and oxygen atoms in total. The first-order chi connectivity index (χ1) is 14.1. The molecular weight excluding hydrogens is 436 g/mol. The van der Waals surface area contributed by atoms with E-state index in [9.17, 15) is 9.59 Å². The Morgan fingerprint density at radius 3 is 2.86 bits per heavy atom. The first-order valence-electron chi connectivity index (χ1n) is 9.60. The molecule has 0 spiro atoms. The molecule has 0 radical (unpaired) electrons. The molecule has 1 unspecified atom stereocenters. The van der Waals surface area contributed by atoms with Crippen molar-refractivity contribution >= 4 is 39.5 Å². The lowest BCUT2D eigenvalue weighted by molar-refractivity contribution is -0.444. The molecule has 0 N–H and O–H groups in total. The summed E-state index contributed by atoms with van der Waals surface area (Å²) in [5.74, 6) is 0.580. The SMILES string of the molecule is COc1ccc(/C=C2/OC3C=CC=CC3=[N+](CC(=O)N3CCCC3)C2=O)cc1Br. The van der Waals surface area contributed by atoms with Crippen molar-refractivity contribution in [1.82, 2.24) is 4.90 Å². The highest BCUT2D eigenvalue weighted by molar-refractivity contribution is 9.10. The maximum atomic E-state index is 13.2. The molecule has 1 aliphatic carbocycles. The molecule has 1 atom stereocenters. The Bertz CT molecular complexity index is 971. The molecule has 0 bridgehead atoms. The summed E-state index contributed by atoms with van der Waals surface area (Å²) in [5, 5.41) is 0. The van der Waals surface area contributed by atoms with Gasteiger partial charge in [-0.3, -0.25) is 4.79 Å². The van der Waals surface area contributed by atoms with E-state index < -0.39 is 6.10 Å². The van der Waals surface area contributed by atoms with Gasteiger partial charge in [-0.25, -0.2) is 4.79 Å². The number of hydrogen-bond donors (Lipinski definition) is 0. The largest absolute Gasteiger partial charge is 0.496 e. The van der Waals surface area contributed by atoms with Gasteiger partial charge in [0, 0.05) is 19.2 Å². The number of rotatable bonds is 4. The molecular formula is C22H22BrN2O4+. The summed E-state index contributed by atoms with van der Waals surface area (Å²) in [6.45, 7) is 1.54. The average molecular weight is 458 g/mol. The lowest BCUT2D eigenvalue weighted by Crippen LogP contribution is -2.46. The Balaban J connectivity index is 1.66. The van der Waals surface area contributed by atoms with E-state index >= 15 is 0 Å². The Hall–Kier alpha value is -2.67. The third-order valence-corrected chi connectivity index (χ3v) is 5.82. The van der Waals surface area contributed by atoms with Crippen LogP contribution in [0.2, 0.25) is 0 Å². The normalized spacial score (nSPS) is 22.1. The third kappa shape index (κ3) is 4.05. The second kappa shape index (κ2) is 8.37. The second-order valence-electron chi connectivity index (χ2n) is 7.09. The van der Waals surface area contributed by atoms with E-state index in [1.807, 2.05) is 47.4 Å². The number of ether oxygens (including phenoxy) is 2. The molecule has 4 rings (SSSR count). The van der Waals surface area contributed by atoms with Crippen molar-refractivity contribution in [3.8, 4) is 5.75 Å². The average Bonchev–Trinajstić information content (AvgIpc) is 3.26. The topological polar surface area (TPSA) is 58.9 Å². The van der Waals surface area contributed by atoms with Gasteiger partial charge in [-0.1, -0.05) is 18.2 Å².